The van der Waals surface area contributed by atoms with Gasteiger partial charge in [-0.3, -0.25) is 4.57 Å². The van der Waals surface area contributed by atoms with Crippen LogP contribution >= 0.6 is 19.6 Å². The molecule has 0 amide bonds. The summed E-state index contributed by atoms with van der Waals surface area (Å²) >= 11 is 1.88. The summed E-state index contributed by atoms with van der Waals surface area (Å²) in [5.74, 6) is 2.01. The first-order valence-electron chi connectivity index (χ1n) is 16.4. The molecule has 7 nitrogen and oxygen atoms in total. The van der Waals surface area contributed by atoms with Gasteiger partial charge in [0, 0.05) is 18.8 Å². The summed E-state index contributed by atoms with van der Waals surface area (Å²) in [7, 11) is -0.430. The van der Waals surface area contributed by atoms with Crippen molar-refractivity contribution in [1.29, 1.82) is 0 Å². The molecule has 1 fully saturated rings. The molecule has 0 aliphatic carbocycles. The first-order valence-corrected chi connectivity index (χ1v) is 19.0. The van der Waals surface area contributed by atoms with Gasteiger partial charge in [-0.1, -0.05) is 103 Å². The van der Waals surface area contributed by atoms with Crippen molar-refractivity contribution in [2.45, 2.75) is 129 Å². The summed E-state index contributed by atoms with van der Waals surface area (Å²) in [6, 6.07) is 0. The van der Waals surface area contributed by atoms with Gasteiger partial charge in [0.25, 0.3) is 7.82 Å². The molecule has 1 aliphatic rings. The maximum absolute atomic E-state index is 12.3. The van der Waals surface area contributed by atoms with E-state index in [0.717, 1.165) is 29.1 Å². The number of phosphoric ester groups is 1. The van der Waals surface area contributed by atoms with Gasteiger partial charge in [-0.05, 0) is 31.4 Å². The number of ether oxygens (including phenoxy) is 1. The van der Waals surface area contributed by atoms with Gasteiger partial charge in [0.1, 0.15) is 13.2 Å². The predicted molar refractivity (Wildman–Crippen MR) is 170 cm³/mol. The van der Waals surface area contributed by atoms with Crippen molar-refractivity contribution in [1.82, 2.24) is 0 Å². The van der Waals surface area contributed by atoms with Gasteiger partial charge in [-0.25, -0.2) is 0 Å². The number of likely N-dealkylation sites (tertiary alicyclic amines) is 1. The van der Waals surface area contributed by atoms with Crippen molar-refractivity contribution in [3.8, 4) is 0 Å². The number of piperidine rings is 1. The number of unbranched alkanes of at least 4 members (excludes halogenated alkanes) is 15. The van der Waals surface area contributed by atoms with E-state index in [1.54, 1.807) is 7.11 Å². The average molecular weight is 612 g/mol. The van der Waals surface area contributed by atoms with Crippen LogP contribution in [0.1, 0.15) is 129 Å². The number of phosphoric acid groups is 1. The van der Waals surface area contributed by atoms with Crippen molar-refractivity contribution in [2.24, 2.45) is 5.92 Å². The maximum atomic E-state index is 12.3. The molecular formula is C31H66NO6PS. The lowest BCUT2D eigenvalue weighted by Gasteiger charge is -2.38. The van der Waals surface area contributed by atoms with Crippen LogP contribution in [0.4, 0.5) is 0 Å². The molecule has 0 spiro atoms. The third kappa shape index (κ3) is 23.9. The Labute approximate surface area is 252 Å². The van der Waals surface area contributed by atoms with Gasteiger partial charge in [-0.15, -0.1) is 0 Å². The van der Waals surface area contributed by atoms with Crippen LogP contribution in [0.2, 0.25) is 0 Å². The molecule has 0 aromatic rings. The molecule has 1 rings (SSSR count). The van der Waals surface area contributed by atoms with E-state index in [4.69, 9.17) is 13.8 Å². The third-order valence-corrected chi connectivity index (χ3v) is 10.4. The number of nitrogens with zero attached hydrogens (tertiary/aromatic N) is 1. The Morgan fingerprint density at radius 3 is 1.77 bits per heavy atom. The smallest absolute Gasteiger partial charge is 0.268 e. The van der Waals surface area contributed by atoms with E-state index < -0.39 is 7.82 Å². The second-order valence-corrected chi connectivity index (χ2v) is 14.7. The minimum Gasteiger partial charge on any atom is -0.756 e. The Morgan fingerprint density at radius 1 is 0.775 bits per heavy atom. The van der Waals surface area contributed by atoms with E-state index in [1.165, 1.54) is 122 Å². The van der Waals surface area contributed by atoms with Crippen LogP contribution in [0.15, 0.2) is 0 Å². The Balaban J connectivity index is 0.0000152. The second-order valence-electron chi connectivity index (χ2n) is 12.1. The van der Waals surface area contributed by atoms with Gasteiger partial charge >= 0.3 is 0 Å². The molecule has 0 aromatic heterocycles. The number of thioether (sulfide) groups is 1. The van der Waals surface area contributed by atoms with Crippen molar-refractivity contribution in [3.05, 3.63) is 0 Å². The topological polar surface area (TPSA) is 99.3 Å². The molecule has 0 bridgehead atoms. The number of quaternary nitrogens is 1. The third-order valence-electron chi connectivity index (χ3n) is 8.14. The van der Waals surface area contributed by atoms with Gasteiger partial charge < -0.3 is 28.6 Å². The molecule has 1 saturated heterocycles. The fourth-order valence-electron chi connectivity index (χ4n) is 5.49. The van der Waals surface area contributed by atoms with Crippen molar-refractivity contribution >= 4 is 19.6 Å². The van der Waals surface area contributed by atoms with Gasteiger partial charge in [-0.2, -0.15) is 11.8 Å². The van der Waals surface area contributed by atoms with E-state index >= 15 is 0 Å². The highest BCUT2D eigenvalue weighted by atomic mass is 32.2. The maximum Gasteiger partial charge on any atom is 0.268 e. The van der Waals surface area contributed by atoms with Crippen LogP contribution < -0.4 is 4.89 Å². The van der Waals surface area contributed by atoms with Crippen LogP contribution in [0.3, 0.4) is 0 Å². The highest BCUT2D eigenvalue weighted by Gasteiger charge is 2.25. The van der Waals surface area contributed by atoms with Gasteiger partial charge in [0.15, 0.2) is 0 Å². The van der Waals surface area contributed by atoms with Crippen LogP contribution in [0, 0.1) is 5.92 Å². The minimum atomic E-state index is -4.27. The quantitative estimate of drug-likeness (QED) is 0.0515. The first-order chi connectivity index (χ1) is 18.9. The Bertz CT molecular complexity index is 594. The summed E-state index contributed by atoms with van der Waals surface area (Å²) in [5.41, 5.74) is 0. The van der Waals surface area contributed by atoms with Gasteiger partial charge in [0.05, 0.1) is 33.4 Å². The second kappa shape index (κ2) is 26.9. The Hall–Kier alpha value is 0.340. The highest BCUT2D eigenvalue weighted by molar-refractivity contribution is 7.99. The zero-order chi connectivity index (χ0) is 28.5. The van der Waals surface area contributed by atoms with Crippen molar-refractivity contribution < 1.29 is 33.2 Å². The monoisotopic (exact) mass is 611 g/mol. The fraction of sp³-hybridized carbons (Fsp3) is 1.00. The zero-order valence-corrected chi connectivity index (χ0v) is 28.2. The van der Waals surface area contributed by atoms with E-state index in [9.17, 15) is 9.46 Å². The molecule has 2 N–H and O–H groups in total. The lowest BCUT2D eigenvalue weighted by Crippen LogP contribution is -2.49. The zero-order valence-electron chi connectivity index (χ0n) is 26.5. The molecular weight excluding hydrogens is 545 g/mol. The molecule has 1 heterocycles. The number of hydrogen-bond donors (Lipinski definition) is 0. The molecule has 0 radical (unpaired) electrons. The SMILES string of the molecule is CCCCCCCCCCCCCCCCCCSCC(COC)COP(=O)([O-])OCC[N+]1(C)CCCCC1.O. The molecule has 40 heavy (non-hydrogen) atoms. The molecule has 1 aliphatic heterocycles. The van der Waals surface area contributed by atoms with Crippen LogP contribution in [-0.4, -0.2) is 75.1 Å². The minimum absolute atomic E-state index is 0. The summed E-state index contributed by atoms with van der Waals surface area (Å²) < 4.78 is 28.9. The molecule has 9 heteroatoms. The van der Waals surface area contributed by atoms with Crippen molar-refractivity contribution in [2.75, 3.05) is 65.1 Å². The van der Waals surface area contributed by atoms with Crippen LogP contribution in [0.5, 0.6) is 0 Å². The lowest BCUT2D eigenvalue weighted by atomic mass is 10.0. The van der Waals surface area contributed by atoms with Crippen LogP contribution in [-0.2, 0) is 18.3 Å². The number of methoxy groups -OCH3 is 1. The average Bonchev–Trinajstić information content (AvgIpc) is 2.91. The van der Waals surface area contributed by atoms with E-state index in [2.05, 4.69) is 14.0 Å². The predicted octanol–water partition coefficient (Wildman–Crippen LogP) is 7.55. The van der Waals surface area contributed by atoms with E-state index in [-0.39, 0.29) is 24.6 Å². The normalized spacial score (nSPS) is 17.3. The van der Waals surface area contributed by atoms with Crippen LogP contribution in [0.25, 0.3) is 0 Å². The van der Waals surface area contributed by atoms with E-state index in [1.807, 2.05) is 11.8 Å². The van der Waals surface area contributed by atoms with Gasteiger partial charge in [0.2, 0.25) is 0 Å². The number of rotatable bonds is 28. The number of hydrogen-bond acceptors (Lipinski definition) is 6. The molecule has 2 atom stereocenters. The standard InChI is InChI=1S/C31H64NO5PS.H2O/c1-4-5-6-7-8-9-10-11-12-13-14-15-16-17-18-22-27-39-30-31(28-35-3)29-37-38(33,34)36-26-25-32(2)23-20-19-21-24-32;/h31H,4-30H2,1-3H3;1H2. The summed E-state index contributed by atoms with van der Waals surface area (Å²) in [4.78, 5) is 12.3. The Kier molecular flexibility index (Phi) is 27.2. The molecule has 0 aromatic carbocycles. The van der Waals surface area contributed by atoms with E-state index in [0.29, 0.717) is 13.2 Å². The highest BCUT2D eigenvalue weighted by Crippen LogP contribution is 2.39. The molecule has 2 unspecified atom stereocenters. The number of likely N-dealkylation sites (N-methyl/N-ethyl adjacent to an activating group) is 1. The summed E-state index contributed by atoms with van der Waals surface area (Å²) in [6.45, 7) is 6.02. The Morgan fingerprint density at radius 2 is 1.27 bits per heavy atom. The largest absolute Gasteiger partial charge is 0.756 e. The molecule has 0 saturated carbocycles. The summed E-state index contributed by atoms with van der Waals surface area (Å²) in [5, 5.41) is 0. The lowest BCUT2D eigenvalue weighted by molar-refractivity contribution is -0.914. The summed E-state index contributed by atoms with van der Waals surface area (Å²) in [6.07, 6.45) is 25.9. The first kappa shape index (κ1) is 40.3. The fourth-order valence-corrected chi connectivity index (χ4v) is 7.36. The van der Waals surface area contributed by atoms with Crippen molar-refractivity contribution in [3.63, 3.8) is 0 Å². The molecule has 242 valence electrons.